The number of amides is 1. The van der Waals surface area contributed by atoms with Crippen molar-refractivity contribution in [2.45, 2.75) is 23.8 Å². The maximum absolute atomic E-state index is 12.3. The molecular weight excluding hydrogens is 372 g/mol. The quantitative estimate of drug-likeness (QED) is 0.805. The van der Waals surface area contributed by atoms with Crippen LogP contribution in [0.4, 0.5) is 0 Å². The molecule has 3 nitrogen and oxygen atoms in total. The van der Waals surface area contributed by atoms with Crippen LogP contribution < -0.4 is 5.73 Å². The fourth-order valence-electron chi connectivity index (χ4n) is 3.30. The van der Waals surface area contributed by atoms with E-state index in [1.165, 1.54) is 6.42 Å². The summed E-state index contributed by atoms with van der Waals surface area (Å²) in [5.41, 5.74) is 6.12. The van der Waals surface area contributed by atoms with Crippen molar-refractivity contribution in [1.29, 1.82) is 0 Å². The average molecular weight is 392 g/mol. The number of nitrogens with two attached hydrogens (primary N) is 1. The van der Waals surface area contributed by atoms with E-state index < -0.39 is 0 Å². The summed E-state index contributed by atoms with van der Waals surface area (Å²) in [6, 6.07) is 8.38. The molecule has 0 bridgehead atoms. The number of likely N-dealkylation sites (tertiary alicyclic amines) is 1. The number of carbonyl (C=O) groups is 1. The molecule has 1 amide bonds. The summed E-state index contributed by atoms with van der Waals surface area (Å²) >= 11 is 5.06. The van der Waals surface area contributed by atoms with Gasteiger partial charge in [0.05, 0.1) is 5.75 Å². The van der Waals surface area contributed by atoms with E-state index in [4.69, 9.17) is 5.73 Å². The van der Waals surface area contributed by atoms with Gasteiger partial charge in [0.15, 0.2) is 0 Å². The summed E-state index contributed by atoms with van der Waals surface area (Å²) < 4.78 is 1.05. The Labute approximate surface area is 144 Å². The van der Waals surface area contributed by atoms with Gasteiger partial charge in [-0.2, -0.15) is 0 Å². The van der Waals surface area contributed by atoms with Crippen LogP contribution in [0.15, 0.2) is 33.6 Å². The molecule has 6 heteroatoms. The third kappa shape index (κ3) is 3.95. The summed E-state index contributed by atoms with van der Waals surface area (Å²) in [7, 11) is 0. The molecule has 1 saturated heterocycles. The predicted octanol–water partition coefficient (Wildman–Crippen LogP) is 3.16. The molecule has 116 valence electrons. The normalized spacial score (nSPS) is 27.3. The molecular formula is C15H20BrClN2OS. The molecule has 1 aliphatic heterocycles. The highest BCUT2D eigenvalue weighted by Gasteiger charge is 2.42. The van der Waals surface area contributed by atoms with Crippen LogP contribution in [0.25, 0.3) is 0 Å². The molecule has 1 aromatic rings. The predicted molar refractivity (Wildman–Crippen MR) is 92.9 cm³/mol. The second kappa shape index (κ2) is 7.36. The van der Waals surface area contributed by atoms with Crippen LogP contribution >= 0.6 is 40.1 Å². The number of carbonyl (C=O) groups excluding carboxylic acids is 1. The maximum atomic E-state index is 12.3. The SMILES string of the molecule is Cl.NC1CCC2CN(C(=O)CSc3cccc(Br)c3)CC12. The number of nitrogens with zero attached hydrogens (tertiary/aromatic N) is 1. The number of hydrogen-bond acceptors (Lipinski definition) is 3. The molecule has 2 fully saturated rings. The topological polar surface area (TPSA) is 46.3 Å². The first kappa shape index (κ1) is 17.1. The molecule has 2 N–H and O–H groups in total. The van der Waals surface area contributed by atoms with Crippen LogP contribution in [0.2, 0.25) is 0 Å². The van der Waals surface area contributed by atoms with Crippen molar-refractivity contribution in [3.8, 4) is 0 Å². The summed E-state index contributed by atoms with van der Waals surface area (Å²) in [6.07, 6.45) is 2.32. The first-order valence-electron chi connectivity index (χ1n) is 7.05. The lowest BCUT2D eigenvalue weighted by atomic mass is 9.98. The van der Waals surface area contributed by atoms with E-state index in [1.54, 1.807) is 11.8 Å². The van der Waals surface area contributed by atoms with Crippen molar-refractivity contribution in [2.75, 3.05) is 18.8 Å². The Balaban J connectivity index is 0.00000161. The fourth-order valence-corrected chi connectivity index (χ4v) is 4.71. The van der Waals surface area contributed by atoms with Gasteiger partial charge in [-0.25, -0.2) is 0 Å². The van der Waals surface area contributed by atoms with E-state index in [-0.39, 0.29) is 18.3 Å². The van der Waals surface area contributed by atoms with Crippen molar-refractivity contribution in [2.24, 2.45) is 17.6 Å². The lowest BCUT2D eigenvalue weighted by Gasteiger charge is -2.18. The molecule has 1 saturated carbocycles. The maximum Gasteiger partial charge on any atom is 0.232 e. The zero-order chi connectivity index (χ0) is 14.1. The van der Waals surface area contributed by atoms with Gasteiger partial charge < -0.3 is 10.6 Å². The van der Waals surface area contributed by atoms with Crippen LogP contribution in [-0.2, 0) is 4.79 Å². The Hall–Kier alpha value is -0.230. The van der Waals surface area contributed by atoms with Gasteiger partial charge in [0, 0.05) is 28.5 Å². The van der Waals surface area contributed by atoms with Gasteiger partial charge in [-0.05, 0) is 42.9 Å². The van der Waals surface area contributed by atoms with E-state index in [0.29, 0.717) is 23.6 Å². The number of thioether (sulfide) groups is 1. The Morgan fingerprint density at radius 2 is 2.19 bits per heavy atom. The minimum atomic E-state index is 0. The molecule has 1 aliphatic carbocycles. The zero-order valence-electron chi connectivity index (χ0n) is 11.7. The third-order valence-electron chi connectivity index (χ3n) is 4.42. The van der Waals surface area contributed by atoms with Crippen LogP contribution in [-0.4, -0.2) is 35.7 Å². The van der Waals surface area contributed by atoms with E-state index in [1.807, 2.05) is 29.2 Å². The van der Waals surface area contributed by atoms with Gasteiger partial charge in [-0.3, -0.25) is 4.79 Å². The van der Waals surface area contributed by atoms with E-state index in [2.05, 4.69) is 15.9 Å². The number of hydrogen-bond donors (Lipinski definition) is 1. The number of halogens is 2. The Morgan fingerprint density at radius 1 is 1.38 bits per heavy atom. The van der Waals surface area contributed by atoms with Crippen molar-refractivity contribution < 1.29 is 4.79 Å². The molecule has 3 rings (SSSR count). The van der Waals surface area contributed by atoms with E-state index in [0.717, 1.165) is 28.9 Å². The van der Waals surface area contributed by atoms with E-state index in [9.17, 15) is 4.79 Å². The van der Waals surface area contributed by atoms with Gasteiger partial charge >= 0.3 is 0 Å². The molecule has 1 aromatic carbocycles. The summed E-state index contributed by atoms with van der Waals surface area (Å²) in [4.78, 5) is 15.4. The standard InChI is InChI=1S/C15H19BrN2OS.ClH/c16-11-2-1-3-12(6-11)20-9-15(19)18-7-10-4-5-14(17)13(10)8-18;/h1-3,6,10,13-14H,4-5,7-9,17H2;1H. The Bertz CT molecular complexity index is 516. The molecule has 21 heavy (non-hydrogen) atoms. The number of benzene rings is 1. The number of rotatable bonds is 3. The molecule has 2 aliphatic rings. The van der Waals surface area contributed by atoms with Gasteiger partial charge in [0.2, 0.25) is 5.91 Å². The molecule has 3 unspecified atom stereocenters. The van der Waals surface area contributed by atoms with Gasteiger partial charge in [-0.15, -0.1) is 24.2 Å². The molecule has 3 atom stereocenters. The molecule has 1 heterocycles. The van der Waals surface area contributed by atoms with Crippen molar-refractivity contribution in [1.82, 2.24) is 4.90 Å². The first-order valence-corrected chi connectivity index (χ1v) is 8.83. The van der Waals surface area contributed by atoms with Crippen LogP contribution in [0.1, 0.15) is 12.8 Å². The Morgan fingerprint density at radius 3 is 2.90 bits per heavy atom. The third-order valence-corrected chi connectivity index (χ3v) is 5.90. The van der Waals surface area contributed by atoms with Gasteiger partial charge in [0.25, 0.3) is 0 Å². The molecule has 0 aromatic heterocycles. The van der Waals surface area contributed by atoms with Gasteiger partial charge in [-0.1, -0.05) is 22.0 Å². The van der Waals surface area contributed by atoms with Crippen molar-refractivity contribution in [3.63, 3.8) is 0 Å². The fraction of sp³-hybridized carbons (Fsp3) is 0.533. The minimum absolute atomic E-state index is 0. The van der Waals surface area contributed by atoms with Crippen molar-refractivity contribution >= 4 is 46.0 Å². The largest absolute Gasteiger partial charge is 0.341 e. The second-order valence-corrected chi connectivity index (χ2v) is 7.67. The smallest absolute Gasteiger partial charge is 0.232 e. The lowest BCUT2D eigenvalue weighted by Crippen LogP contribution is -2.34. The second-order valence-electron chi connectivity index (χ2n) is 5.71. The highest BCUT2D eigenvalue weighted by molar-refractivity contribution is 9.10. The Kier molecular flexibility index (Phi) is 6.00. The molecule has 0 radical (unpaired) electrons. The summed E-state index contributed by atoms with van der Waals surface area (Å²) in [6.45, 7) is 1.78. The van der Waals surface area contributed by atoms with Gasteiger partial charge in [0.1, 0.15) is 0 Å². The first-order chi connectivity index (χ1) is 9.63. The average Bonchev–Trinajstić information content (AvgIpc) is 2.99. The zero-order valence-corrected chi connectivity index (χ0v) is 14.9. The summed E-state index contributed by atoms with van der Waals surface area (Å²) in [5.74, 6) is 1.95. The highest BCUT2D eigenvalue weighted by atomic mass is 79.9. The summed E-state index contributed by atoms with van der Waals surface area (Å²) in [5, 5.41) is 0. The minimum Gasteiger partial charge on any atom is -0.341 e. The lowest BCUT2D eigenvalue weighted by molar-refractivity contribution is -0.127. The number of fused-ring (bicyclic) bond motifs is 1. The monoisotopic (exact) mass is 390 g/mol. The molecule has 0 spiro atoms. The van der Waals surface area contributed by atoms with Crippen LogP contribution in [0.3, 0.4) is 0 Å². The van der Waals surface area contributed by atoms with E-state index >= 15 is 0 Å². The van der Waals surface area contributed by atoms with Crippen LogP contribution in [0, 0.1) is 11.8 Å². The highest BCUT2D eigenvalue weighted by Crippen LogP contribution is 2.37. The van der Waals surface area contributed by atoms with Crippen molar-refractivity contribution in [3.05, 3.63) is 28.7 Å². The van der Waals surface area contributed by atoms with Crippen LogP contribution in [0.5, 0.6) is 0 Å².